The van der Waals surface area contributed by atoms with Crippen LogP contribution < -0.4 is 11.1 Å². The topological polar surface area (TPSA) is 67.1 Å². The van der Waals surface area contributed by atoms with Crippen molar-refractivity contribution in [1.82, 2.24) is 14.9 Å². The molecule has 1 fully saturated rings. The third-order valence-corrected chi connectivity index (χ3v) is 5.39. The second-order valence-corrected chi connectivity index (χ2v) is 7.38. The Labute approximate surface area is 149 Å². The molecule has 25 heavy (non-hydrogen) atoms. The first-order valence-electron chi connectivity index (χ1n) is 9.31. The van der Waals surface area contributed by atoms with Gasteiger partial charge in [0.25, 0.3) is 0 Å². The van der Waals surface area contributed by atoms with Gasteiger partial charge in [0.1, 0.15) is 11.6 Å². The van der Waals surface area contributed by atoms with E-state index >= 15 is 0 Å². The Bertz CT molecular complexity index is 739. The first-order valence-corrected chi connectivity index (χ1v) is 9.31. The lowest BCUT2D eigenvalue weighted by Crippen LogP contribution is -2.35. The van der Waals surface area contributed by atoms with E-state index in [9.17, 15) is 0 Å². The van der Waals surface area contributed by atoms with Crippen molar-refractivity contribution in [1.29, 1.82) is 0 Å². The zero-order valence-corrected chi connectivity index (χ0v) is 14.9. The fraction of sp³-hybridized carbons (Fsp3) is 0.500. The van der Waals surface area contributed by atoms with E-state index in [2.05, 4.69) is 50.5 Å². The van der Waals surface area contributed by atoms with Crippen LogP contribution in [-0.4, -0.2) is 40.5 Å². The maximum atomic E-state index is 5.91. The van der Waals surface area contributed by atoms with Crippen LogP contribution in [0.3, 0.4) is 0 Å². The van der Waals surface area contributed by atoms with Crippen LogP contribution in [-0.2, 0) is 13.0 Å². The minimum Gasteiger partial charge on any atom is -0.369 e. The molecule has 1 aliphatic heterocycles. The second kappa shape index (κ2) is 7.10. The fourth-order valence-corrected chi connectivity index (χ4v) is 3.88. The van der Waals surface area contributed by atoms with Crippen LogP contribution >= 0.6 is 0 Å². The molecule has 5 nitrogen and oxygen atoms in total. The van der Waals surface area contributed by atoms with E-state index in [0.717, 1.165) is 62.8 Å². The van der Waals surface area contributed by atoms with Crippen LogP contribution in [0.5, 0.6) is 0 Å². The lowest BCUT2D eigenvalue weighted by molar-refractivity contribution is 0.264. The number of nitrogens with zero attached hydrogens (tertiary/aromatic N) is 3. The number of hydrogen-bond donors (Lipinski definition) is 2. The van der Waals surface area contributed by atoms with Gasteiger partial charge < -0.3 is 11.1 Å². The van der Waals surface area contributed by atoms with Crippen molar-refractivity contribution < 1.29 is 0 Å². The summed E-state index contributed by atoms with van der Waals surface area (Å²) in [5.41, 5.74) is 10.0. The molecule has 1 aliphatic carbocycles. The Morgan fingerprint density at radius 2 is 2.00 bits per heavy atom. The Morgan fingerprint density at radius 1 is 1.20 bits per heavy atom. The summed E-state index contributed by atoms with van der Waals surface area (Å²) >= 11 is 0. The monoisotopic (exact) mass is 337 g/mol. The van der Waals surface area contributed by atoms with Crippen LogP contribution in [0.2, 0.25) is 0 Å². The second-order valence-electron chi connectivity index (χ2n) is 7.38. The summed E-state index contributed by atoms with van der Waals surface area (Å²) in [4.78, 5) is 11.6. The molecule has 0 bridgehead atoms. The van der Waals surface area contributed by atoms with Gasteiger partial charge in [0.15, 0.2) is 0 Å². The van der Waals surface area contributed by atoms with Gasteiger partial charge in [-0.1, -0.05) is 24.3 Å². The van der Waals surface area contributed by atoms with Gasteiger partial charge in [0, 0.05) is 49.9 Å². The quantitative estimate of drug-likeness (QED) is 0.877. The number of aryl methyl sites for hydroxylation is 1. The molecule has 2 heterocycles. The molecule has 1 aromatic carbocycles. The van der Waals surface area contributed by atoms with E-state index < -0.39 is 0 Å². The van der Waals surface area contributed by atoms with Gasteiger partial charge in [-0.2, -0.15) is 0 Å². The standard InChI is InChI=1S/C20H27N5/c1-14-23-19(17-10-18(21)11-17)12-20(24-14)22-7-9-25-8-6-15-4-2-3-5-16(15)13-25/h2-5,12,17-18H,6-11,13,21H2,1H3,(H,22,23,24). The third-order valence-electron chi connectivity index (χ3n) is 5.39. The molecule has 2 aliphatic rings. The highest BCUT2D eigenvalue weighted by Crippen LogP contribution is 2.35. The number of fused-ring (bicyclic) bond motifs is 1. The van der Waals surface area contributed by atoms with Gasteiger partial charge in [0.2, 0.25) is 0 Å². The molecular formula is C20H27N5. The summed E-state index contributed by atoms with van der Waals surface area (Å²) in [5, 5.41) is 3.49. The smallest absolute Gasteiger partial charge is 0.129 e. The molecule has 2 aromatic rings. The summed E-state index contributed by atoms with van der Waals surface area (Å²) < 4.78 is 0. The first-order chi connectivity index (χ1) is 12.2. The Hall–Kier alpha value is -1.98. The molecule has 0 amide bonds. The predicted octanol–water partition coefficient (Wildman–Crippen LogP) is 2.46. The fourth-order valence-electron chi connectivity index (χ4n) is 3.88. The summed E-state index contributed by atoms with van der Waals surface area (Å²) in [6.07, 6.45) is 3.24. The molecule has 0 saturated heterocycles. The third kappa shape index (κ3) is 3.83. The number of aromatic nitrogens is 2. The molecular weight excluding hydrogens is 310 g/mol. The van der Waals surface area contributed by atoms with Gasteiger partial charge in [-0.15, -0.1) is 0 Å². The predicted molar refractivity (Wildman–Crippen MR) is 101 cm³/mol. The van der Waals surface area contributed by atoms with E-state index in [-0.39, 0.29) is 0 Å². The molecule has 0 radical (unpaired) electrons. The van der Waals surface area contributed by atoms with Gasteiger partial charge in [-0.25, -0.2) is 9.97 Å². The average molecular weight is 337 g/mol. The summed E-state index contributed by atoms with van der Waals surface area (Å²) in [7, 11) is 0. The van der Waals surface area contributed by atoms with E-state index in [1.54, 1.807) is 0 Å². The molecule has 4 rings (SSSR count). The number of nitrogens with one attached hydrogen (secondary N) is 1. The molecule has 0 unspecified atom stereocenters. The van der Waals surface area contributed by atoms with Crippen molar-refractivity contribution >= 4 is 5.82 Å². The highest BCUT2D eigenvalue weighted by molar-refractivity contribution is 5.38. The molecule has 1 aromatic heterocycles. The highest BCUT2D eigenvalue weighted by atomic mass is 15.1. The SMILES string of the molecule is Cc1nc(NCCN2CCc3ccccc3C2)cc(C2CC(N)C2)n1. The number of benzene rings is 1. The van der Waals surface area contributed by atoms with Crippen LogP contribution in [0.4, 0.5) is 5.82 Å². The van der Waals surface area contributed by atoms with Crippen molar-refractivity contribution in [3.63, 3.8) is 0 Å². The molecule has 1 saturated carbocycles. The van der Waals surface area contributed by atoms with Gasteiger partial charge in [-0.05, 0) is 37.3 Å². The number of rotatable bonds is 5. The summed E-state index contributed by atoms with van der Waals surface area (Å²) in [5.74, 6) is 2.29. The minimum atomic E-state index is 0.346. The van der Waals surface area contributed by atoms with Crippen molar-refractivity contribution in [3.05, 3.63) is 53.0 Å². The van der Waals surface area contributed by atoms with E-state index in [1.807, 2.05) is 6.92 Å². The van der Waals surface area contributed by atoms with Crippen LogP contribution in [0, 0.1) is 6.92 Å². The average Bonchev–Trinajstić information content (AvgIpc) is 2.58. The first kappa shape index (κ1) is 16.5. The molecule has 0 spiro atoms. The lowest BCUT2D eigenvalue weighted by atomic mass is 9.78. The summed E-state index contributed by atoms with van der Waals surface area (Å²) in [6, 6.07) is 11.2. The van der Waals surface area contributed by atoms with Crippen LogP contribution in [0.1, 0.15) is 41.4 Å². The normalized spacial score (nSPS) is 23.0. The minimum absolute atomic E-state index is 0.346. The van der Waals surface area contributed by atoms with Crippen molar-refractivity contribution in [2.45, 2.75) is 44.7 Å². The number of hydrogen-bond acceptors (Lipinski definition) is 5. The van der Waals surface area contributed by atoms with E-state index in [4.69, 9.17) is 5.73 Å². The maximum absolute atomic E-state index is 5.91. The lowest BCUT2D eigenvalue weighted by Gasteiger charge is -2.32. The Balaban J connectivity index is 1.32. The van der Waals surface area contributed by atoms with Gasteiger partial charge >= 0.3 is 0 Å². The zero-order valence-electron chi connectivity index (χ0n) is 14.9. The van der Waals surface area contributed by atoms with Crippen molar-refractivity contribution in [3.8, 4) is 0 Å². The van der Waals surface area contributed by atoms with Gasteiger partial charge in [0.05, 0.1) is 0 Å². The van der Waals surface area contributed by atoms with E-state index in [1.165, 1.54) is 11.1 Å². The molecule has 0 atom stereocenters. The van der Waals surface area contributed by atoms with Crippen molar-refractivity contribution in [2.24, 2.45) is 5.73 Å². The Kier molecular flexibility index (Phi) is 4.68. The molecule has 5 heteroatoms. The van der Waals surface area contributed by atoms with Gasteiger partial charge in [-0.3, -0.25) is 4.90 Å². The largest absolute Gasteiger partial charge is 0.369 e. The van der Waals surface area contributed by atoms with Crippen LogP contribution in [0.15, 0.2) is 30.3 Å². The van der Waals surface area contributed by atoms with E-state index in [0.29, 0.717) is 12.0 Å². The highest BCUT2D eigenvalue weighted by Gasteiger charge is 2.28. The number of nitrogens with two attached hydrogens (primary N) is 1. The van der Waals surface area contributed by atoms with Crippen molar-refractivity contribution in [2.75, 3.05) is 25.0 Å². The number of anilines is 1. The molecule has 3 N–H and O–H groups in total. The zero-order chi connectivity index (χ0) is 17.2. The van der Waals surface area contributed by atoms with Crippen LogP contribution in [0.25, 0.3) is 0 Å². The maximum Gasteiger partial charge on any atom is 0.129 e. The molecule has 132 valence electrons. The Morgan fingerprint density at radius 3 is 2.80 bits per heavy atom. The summed E-state index contributed by atoms with van der Waals surface area (Å²) in [6.45, 7) is 6.08.